The Kier molecular flexibility index (Phi) is 4.43. The molecule has 0 atom stereocenters. The van der Waals surface area contributed by atoms with Crippen molar-refractivity contribution in [1.29, 1.82) is 0 Å². The fourth-order valence-corrected chi connectivity index (χ4v) is 2.02. The summed E-state index contributed by atoms with van der Waals surface area (Å²) < 4.78 is 0. The molecule has 0 unspecified atom stereocenters. The molecule has 0 aliphatic rings. The molecule has 0 bridgehead atoms. The van der Waals surface area contributed by atoms with Crippen LogP contribution < -0.4 is 5.32 Å². The third kappa shape index (κ3) is 3.26. The SMILES string of the molecule is O=C(Nc1ccccc1CO)c1cc(Cl)ccc1Cl. The number of aliphatic hydroxyl groups excluding tert-OH is 1. The van der Waals surface area contributed by atoms with Crippen LogP contribution in [0.3, 0.4) is 0 Å². The molecule has 3 nitrogen and oxygen atoms in total. The molecular weight excluding hydrogens is 285 g/mol. The molecule has 19 heavy (non-hydrogen) atoms. The highest BCUT2D eigenvalue weighted by molar-refractivity contribution is 6.36. The highest BCUT2D eigenvalue weighted by atomic mass is 35.5. The standard InChI is InChI=1S/C14H11Cl2NO2/c15-10-5-6-12(16)11(7-10)14(19)17-13-4-2-1-3-9(13)8-18/h1-7,18H,8H2,(H,17,19). The van der Waals surface area contributed by atoms with E-state index in [0.29, 0.717) is 26.9 Å². The van der Waals surface area contributed by atoms with E-state index in [1.165, 1.54) is 6.07 Å². The fraction of sp³-hybridized carbons (Fsp3) is 0.0714. The number of hydrogen-bond acceptors (Lipinski definition) is 2. The smallest absolute Gasteiger partial charge is 0.257 e. The molecule has 5 heteroatoms. The second kappa shape index (κ2) is 6.06. The zero-order valence-electron chi connectivity index (χ0n) is 9.86. The summed E-state index contributed by atoms with van der Waals surface area (Å²) in [6.45, 7) is -0.153. The lowest BCUT2D eigenvalue weighted by atomic mass is 10.1. The van der Waals surface area contributed by atoms with Crippen molar-refractivity contribution in [3.63, 3.8) is 0 Å². The van der Waals surface area contributed by atoms with Gasteiger partial charge in [0.05, 0.1) is 17.2 Å². The summed E-state index contributed by atoms with van der Waals surface area (Å²) in [7, 11) is 0. The van der Waals surface area contributed by atoms with Gasteiger partial charge in [0, 0.05) is 16.3 Å². The summed E-state index contributed by atoms with van der Waals surface area (Å²) in [5.74, 6) is -0.367. The number of anilines is 1. The Morgan fingerprint density at radius 3 is 2.63 bits per heavy atom. The topological polar surface area (TPSA) is 49.3 Å². The summed E-state index contributed by atoms with van der Waals surface area (Å²) in [5, 5.41) is 12.7. The van der Waals surface area contributed by atoms with E-state index in [4.69, 9.17) is 23.2 Å². The van der Waals surface area contributed by atoms with Gasteiger partial charge in [-0.2, -0.15) is 0 Å². The normalized spacial score (nSPS) is 10.3. The zero-order chi connectivity index (χ0) is 13.8. The van der Waals surface area contributed by atoms with Gasteiger partial charge in [-0.25, -0.2) is 0 Å². The molecule has 2 aromatic carbocycles. The minimum atomic E-state index is -0.367. The Balaban J connectivity index is 2.28. The number of carbonyl (C=O) groups is 1. The van der Waals surface area contributed by atoms with E-state index in [2.05, 4.69) is 5.32 Å². The number of aliphatic hydroxyl groups is 1. The number of amides is 1. The lowest BCUT2D eigenvalue weighted by Crippen LogP contribution is -2.13. The van der Waals surface area contributed by atoms with Crippen molar-refractivity contribution in [2.24, 2.45) is 0 Å². The van der Waals surface area contributed by atoms with Crippen LogP contribution in [-0.4, -0.2) is 11.0 Å². The van der Waals surface area contributed by atoms with Crippen molar-refractivity contribution in [1.82, 2.24) is 0 Å². The fourth-order valence-electron chi connectivity index (χ4n) is 1.64. The van der Waals surface area contributed by atoms with Crippen molar-refractivity contribution in [2.75, 3.05) is 5.32 Å². The molecule has 98 valence electrons. The zero-order valence-corrected chi connectivity index (χ0v) is 11.4. The first-order valence-electron chi connectivity index (χ1n) is 5.57. The predicted molar refractivity (Wildman–Crippen MR) is 76.8 cm³/mol. The molecule has 0 radical (unpaired) electrons. The Morgan fingerprint density at radius 1 is 1.16 bits per heavy atom. The Bertz CT molecular complexity index is 614. The first kappa shape index (κ1) is 13.9. The molecule has 0 saturated heterocycles. The molecule has 0 spiro atoms. The van der Waals surface area contributed by atoms with Crippen molar-refractivity contribution >= 4 is 34.8 Å². The summed E-state index contributed by atoms with van der Waals surface area (Å²) in [4.78, 5) is 12.1. The lowest BCUT2D eigenvalue weighted by molar-refractivity contribution is 0.102. The molecule has 0 saturated carbocycles. The van der Waals surface area contributed by atoms with Crippen LogP contribution >= 0.6 is 23.2 Å². The maximum atomic E-state index is 12.1. The van der Waals surface area contributed by atoms with Crippen LogP contribution in [0.5, 0.6) is 0 Å². The van der Waals surface area contributed by atoms with Crippen molar-refractivity contribution in [3.8, 4) is 0 Å². The average Bonchev–Trinajstić information content (AvgIpc) is 2.42. The number of rotatable bonds is 3. The highest BCUT2D eigenvalue weighted by Crippen LogP contribution is 2.23. The van der Waals surface area contributed by atoms with Crippen molar-refractivity contribution < 1.29 is 9.90 Å². The molecule has 0 aliphatic carbocycles. The van der Waals surface area contributed by atoms with Crippen LogP contribution in [0.1, 0.15) is 15.9 Å². The van der Waals surface area contributed by atoms with E-state index in [1.807, 2.05) is 0 Å². The Labute approximate surface area is 120 Å². The molecule has 0 aromatic heterocycles. The predicted octanol–water partition coefficient (Wildman–Crippen LogP) is 3.74. The van der Waals surface area contributed by atoms with Gasteiger partial charge in [0.15, 0.2) is 0 Å². The van der Waals surface area contributed by atoms with Crippen LogP contribution in [0.4, 0.5) is 5.69 Å². The lowest BCUT2D eigenvalue weighted by Gasteiger charge is -2.10. The highest BCUT2D eigenvalue weighted by Gasteiger charge is 2.12. The second-order valence-electron chi connectivity index (χ2n) is 3.89. The maximum Gasteiger partial charge on any atom is 0.257 e. The van der Waals surface area contributed by atoms with E-state index in [0.717, 1.165) is 0 Å². The number of hydrogen-bond donors (Lipinski definition) is 2. The Morgan fingerprint density at radius 2 is 1.89 bits per heavy atom. The Hall–Kier alpha value is -1.55. The van der Waals surface area contributed by atoms with Gasteiger partial charge in [-0.1, -0.05) is 41.4 Å². The van der Waals surface area contributed by atoms with E-state index in [1.54, 1.807) is 36.4 Å². The van der Waals surface area contributed by atoms with Crippen molar-refractivity contribution in [2.45, 2.75) is 6.61 Å². The molecule has 2 aromatic rings. The van der Waals surface area contributed by atoms with E-state index >= 15 is 0 Å². The number of benzene rings is 2. The van der Waals surface area contributed by atoms with Crippen LogP contribution in [0.2, 0.25) is 10.0 Å². The third-order valence-electron chi connectivity index (χ3n) is 2.61. The quantitative estimate of drug-likeness (QED) is 0.906. The monoisotopic (exact) mass is 295 g/mol. The van der Waals surface area contributed by atoms with Gasteiger partial charge in [-0.3, -0.25) is 4.79 Å². The van der Waals surface area contributed by atoms with E-state index in [9.17, 15) is 9.90 Å². The summed E-state index contributed by atoms with van der Waals surface area (Å²) in [6.07, 6.45) is 0. The van der Waals surface area contributed by atoms with Crippen LogP contribution in [0.25, 0.3) is 0 Å². The second-order valence-corrected chi connectivity index (χ2v) is 4.74. The van der Waals surface area contributed by atoms with Gasteiger partial charge in [-0.15, -0.1) is 0 Å². The van der Waals surface area contributed by atoms with Gasteiger partial charge in [-0.05, 0) is 24.3 Å². The number of para-hydroxylation sites is 1. The van der Waals surface area contributed by atoms with Crippen LogP contribution in [-0.2, 0) is 6.61 Å². The third-order valence-corrected chi connectivity index (χ3v) is 3.17. The van der Waals surface area contributed by atoms with E-state index < -0.39 is 0 Å². The van der Waals surface area contributed by atoms with Gasteiger partial charge in [0.25, 0.3) is 5.91 Å². The first-order valence-corrected chi connectivity index (χ1v) is 6.32. The molecule has 2 N–H and O–H groups in total. The van der Waals surface area contributed by atoms with Crippen LogP contribution in [0, 0.1) is 0 Å². The summed E-state index contributed by atoms with van der Waals surface area (Å²) >= 11 is 11.8. The van der Waals surface area contributed by atoms with Gasteiger partial charge in [0.2, 0.25) is 0 Å². The van der Waals surface area contributed by atoms with Gasteiger partial charge >= 0.3 is 0 Å². The summed E-state index contributed by atoms with van der Waals surface area (Å²) in [6, 6.07) is 11.7. The van der Waals surface area contributed by atoms with Gasteiger partial charge < -0.3 is 10.4 Å². The number of nitrogens with one attached hydrogen (secondary N) is 1. The molecule has 0 fully saturated rings. The van der Waals surface area contributed by atoms with Crippen LogP contribution in [0.15, 0.2) is 42.5 Å². The maximum absolute atomic E-state index is 12.1. The van der Waals surface area contributed by atoms with Gasteiger partial charge in [0.1, 0.15) is 0 Å². The summed E-state index contributed by atoms with van der Waals surface area (Å²) in [5.41, 5.74) is 1.47. The molecule has 1 amide bonds. The minimum Gasteiger partial charge on any atom is -0.392 e. The average molecular weight is 296 g/mol. The first-order chi connectivity index (χ1) is 9.11. The largest absolute Gasteiger partial charge is 0.392 e. The molecular formula is C14H11Cl2NO2. The molecule has 0 aliphatic heterocycles. The molecule has 0 heterocycles. The number of halogens is 2. The van der Waals surface area contributed by atoms with Crippen molar-refractivity contribution in [3.05, 3.63) is 63.6 Å². The minimum absolute atomic E-state index is 0.153. The number of carbonyl (C=O) groups excluding carboxylic acids is 1. The molecule has 2 rings (SSSR count). The van der Waals surface area contributed by atoms with E-state index in [-0.39, 0.29) is 12.5 Å².